The van der Waals surface area contributed by atoms with Gasteiger partial charge in [0.25, 0.3) is 0 Å². The van der Waals surface area contributed by atoms with E-state index in [4.69, 9.17) is 5.73 Å². The number of primary amides is 1. The molecule has 138 valence electrons. The average Bonchev–Trinajstić information content (AvgIpc) is 2.97. The number of rotatable bonds is 8. The molecule has 0 spiro atoms. The number of nitrogens with two attached hydrogens (primary N) is 1. The summed E-state index contributed by atoms with van der Waals surface area (Å²) in [5.74, 6) is -1.18. The molecule has 0 radical (unpaired) electrons. The molecule has 1 aromatic carbocycles. The normalized spacial score (nSPS) is 18.1. The van der Waals surface area contributed by atoms with Gasteiger partial charge in [0.1, 0.15) is 0 Å². The zero-order chi connectivity index (χ0) is 18.6. The Bertz CT molecular complexity index is 725. The Kier molecular flexibility index (Phi) is 6.18. The standard InChI is InChI=1S/C17H25N3O4S/c1-3-9-19(10-4-2)25(23,24)15-7-5-14(6-8-15)20-12-13(17(18)22)11-16(20)21/h5-8,13H,3-4,9-12H2,1-2H3,(H2,18,22)/t13-/m1/s1. The molecule has 1 heterocycles. The van der Waals surface area contributed by atoms with Crippen LogP contribution in [-0.4, -0.2) is 44.2 Å². The number of carbonyl (C=O) groups excluding carboxylic acids is 2. The van der Waals surface area contributed by atoms with Gasteiger partial charge in [0.2, 0.25) is 21.8 Å². The van der Waals surface area contributed by atoms with Crippen LogP contribution in [-0.2, 0) is 19.6 Å². The highest BCUT2D eigenvalue weighted by Crippen LogP contribution is 2.27. The van der Waals surface area contributed by atoms with Crippen molar-refractivity contribution in [2.75, 3.05) is 24.5 Å². The summed E-state index contributed by atoms with van der Waals surface area (Å²) in [6.45, 7) is 5.06. The Labute approximate surface area is 148 Å². The maximum absolute atomic E-state index is 12.7. The molecule has 7 nitrogen and oxygen atoms in total. The number of hydrogen-bond donors (Lipinski definition) is 1. The summed E-state index contributed by atoms with van der Waals surface area (Å²) in [4.78, 5) is 25.0. The van der Waals surface area contributed by atoms with Crippen molar-refractivity contribution in [3.8, 4) is 0 Å². The minimum absolute atomic E-state index is 0.0934. The molecule has 8 heteroatoms. The number of amides is 2. The largest absolute Gasteiger partial charge is 0.369 e. The molecule has 1 atom stereocenters. The molecule has 0 saturated carbocycles. The number of hydrogen-bond acceptors (Lipinski definition) is 4. The maximum atomic E-state index is 12.7. The van der Waals surface area contributed by atoms with Gasteiger partial charge in [-0.15, -0.1) is 0 Å². The van der Waals surface area contributed by atoms with Gasteiger partial charge < -0.3 is 10.6 Å². The SMILES string of the molecule is CCCN(CCC)S(=O)(=O)c1ccc(N2C[C@H](C(N)=O)CC2=O)cc1. The van der Waals surface area contributed by atoms with Crippen LogP contribution < -0.4 is 10.6 Å². The topological polar surface area (TPSA) is 101 Å². The highest BCUT2D eigenvalue weighted by atomic mass is 32.2. The fourth-order valence-electron chi connectivity index (χ4n) is 2.95. The van der Waals surface area contributed by atoms with Crippen molar-refractivity contribution in [1.29, 1.82) is 0 Å². The molecule has 2 rings (SSSR count). The molecule has 1 aliphatic heterocycles. The van der Waals surface area contributed by atoms with Gasteiger partial charge in [-0.2, -0.15) is 4.31 Å². The second-order valence-corrected chi connectivity index (χ2v) is 8.14. The third-order valence-electron chi connectivity index (χ3n) is 4.26. The number of benzene rings is 1. The van der Waals surface area contributed by atoms with Crippen molar-refractivity contribution in [3.63, 3.8) is 0 Å². The van der Waals surface area contributed by atoms with Crippen LogP contribution in [0.3, 0.4) is 0 Å². The van der Waals surface area contributed by atoms with Crippen molar-refractivity contribution in [1.82, 2.24) is 4.31 Å². The first-order valence-corrected chi connectivity index (χ1v) is 9.95. The van der Waals surface area contributed by atoms with Crippen LogP contribution in [0.15, 0.2) is 29.2 Å². The zero-order valence-electron chi connectivity index (χ0n) is 14.6. The lowest BCUT2D eigenvalue weighted by atomic mass is 10.1. The smallest absolute Gasteiger partial charge is 0.243 e. The summed E-state index contributed by atoms with van der Waals surface area (Å²) in [7, 11) is -3.55. The van der Waals surface area contributed by atoms with Crippen LogP contribution in [0.2, 0.25) is 0 Å². The molecule has 1 fully saturated rings. The van der Waals surface area contributed by atoms with E-state index >= 15 is 0 Å². The molecule has 0 unspecified atom stereocenters. The van der Waals surface area contributed by atoms with Crippen LogP contribution in [0.25, 0.3) is 0 Å². The van der Waals surface area contributed by atoms with E-state index in [1.54, 1.807) is 12.1 Å². The van der Waals surface area contributed by atoms with Crippen molar-refractivity contribution >= 4 is 27.5 Å². The summed E-state index contributed by atoms with van der Waals surface area (Å²) < 4.78 is 26.9. The lowest BCUT2D eigenvalue weighted by Crippen LogP contribution is -2.32. The lowest BCUT2D eigenvalue weighted by molar-refractivity contribution is -0.123. The van der Waals surface area contributed by atoms with E-state index in [1.807, 2.05) is 13.8 Å². The van der Waals surface area contributed by atoms with Crippen LogP contribution in [0.5, 0.6) is 0 Å². The highest BCUT2D eigenvalue weighted by Gasteiger charge is 2.34. The minimum Gasteiger partial charge on any atom is -0.369 e. The van der Waals surface area contributed by atoms with Crippen molar-refractivity contribution < 1.29 is 18.0 Å². The number of carbonyl (C=O) groups is 2. The number of nitrogens with zero attached hydrogens (tertiary/aromatic N) is 2. The lowest BCUT2D eigenvalue weighted by Gasteiger charge is -2.22. The van der Waals surface area contributed by atoms with Crippen molar-refractivity contribution in [2.45, 2.75) is 38.0 Å². The monoisotopic (exact) mass is 367 g/mol. The van der Waals surface area contributed by atoms with Gasteiger partial charge in [-0.05, 0) is 37.1 Å². The Balaban J connectivity index is 2.22. The fraction of sp³-hybridized carbons (Fsp3) is 0.529. The third-order valence-corrected chi connectivity index (χ3v) is 6.17. The second-order valence-electron chi connectivity index (χ2n) is 6.21. The molecule has 0 aliphatic carbocycles. The van der Waals surface area contributed by atoms with Crippen LogP contribution in [0, 0.1) is 5.92 Å². The van der Waals surface area contributed by atoms with E-state index in [0.29, 0.717) is 18.8 Å². The Hall–Kier alpha value is -1.93. The second kappa shape index (κ2) is 7.97. The zero-order valence-corrected chi connectivity index (χ0v) is 15.5. The van der Waals surface area contributed by atoms with Gasteiger partial charge in [0.05, 0.1) is 10.8 Å². The predicted octanol–water partition coefficient (Wildman–Crippen LogP) is 1.34. The molecule has 2 amide bonds. The fourth-order valence-corrected chi connectivity index (χ4v) is 4.57. The molecular weight excluding hydrogens is 342 g/mol. The molecule has 1 aliphatic rings. The van der Waals surface area contributed by atoms with E-state index in [9.17, 15) is 18.0 Å². The summed E-state index contributed by atoms with van der Waals surface area (Å²) in [5, 5.41) is 0. The molecule has 0 aromatic heterocycles. The molecule has 1 aromatic rings. The van der Waals surface area contributed by atoms with Gasteiger partial charge >= 0.3 is 0 Å². The summed E-state index contributed by atoms with van der Waals surface area (Å²) in [6, 6.07) is 6.22. The third kappa shape index (κ3) is 4.19. The molecule has 1 saturated heterocycles. The first-order chi connectivity index (χ1) is 11.8. The molecule has 2 N–H and O–H groups in total. The Morgan fingerprint density at radius 3 is 2.20 bits per heavy atom. The molecular formula is C17H25N3O4S. The van der Waals surface area contributed by atoms with Gasteiger partial charge in [-0.1, -0.05) is 13.8 Å². The summed E-state index contributed by atoms with van der Waals surface area (Å²) in [6.07, 6.45) is 1.58. The van der Waals surface area contributed by atoms with E-state index < -0.39 is 21.8 Å². The van der Waals surface area contributed by atoms with E-state index in [1.165, 1.54) is 21.3 Å². The predicted molar refractivity (Wildman–Crippen MR) is 95.4 cm³/mol. The van der Waals surface area contributed by atoms with E-state index in [-0.39, 0.29) is 23.8 Å². The van der Waals surface area contributed by atoms with Gasteiger partial charge in [-0.3, -0.25) is 9.59 Å². The van der Waals surface area contributed by atoms with Gasteiger partial charge in [-0.25, -0.2) is 8.42 Å². The quantitative estimate of drug-likeness (QED) is 0.749. The first-order valence-electron chi connectivity index (χ1n) is 8.51. The highest BCUT2D eigenvalue weighted by molar-refractivity contribution is 7.89. The van der Waals surface area contributed by atoms with Gasteiger partial charge in [0.15, 0.2) is 0 Å². The van der Waals surface area contributed by atoms with E-state index in [2.05, 4.69) is 0 Å². The Morgan fingerprint density at radius 1 is 1.20 bits per heavy atom. The molecule has 0 bridgehead atoms. The number of sulfonamides is 1. The van der Waals surface area contributed by atoms with Crippen molar-refractivity contribution in [2.24, 2.45) is 11.7 Å². The van der Waals surface area contributed by atoms with Crippen LogP contribution in [0.4, 0.5) is 5.69 Å². The van der Waals surface area contributed by atoms with Gasteiger partial charge in [0, 0.05) is 31.7 Å². The average molecular weight is 367 g/mol. The van der Waals surface area contributed by atoms with E-state index in [0.717, 1.165) is 12.8 Å². The maximum Gasteiger partial charge on any atom is 0.243 e. The number of anilines is 1. The molecule has 25 heavy (non-hydrogen) atoms. The Morgan fingerprint density at radius 2 is 1.76 bits per heavy atom. The first kappa shape index (κ1) is 19.4. The summed E-state index contributed by atoms with van der Waals surface area (Å²) in [5.41, 5.74) is 5.84. The minimum atomic E-state index is -3.55. The van der Waals surface area contributed by atoms with Crippen molar-refractivity contribution in [3.05, 3.63) is 24.3 Å². The van der Waals surface area contributed by atoms with Crippen LogP contribution >= 0.6 is 0 Å². The summed E-state index contributed by atoms with van der Waals surface area (Å²) >= 11 is 0. The van der Waals surface area contributed by atoms with Crippen LogP contribution in [0.1, 0.15) is 33.1 Å².